The van der Waals surface area contributed by atoms with Crippen LogP contribution in [0.3, 0.4) is 0 Å². The lowest BCUT2D eigenvalue weighted by molar-refractivity contribution is 0.334. The average Bonchev–Trinajstić information content (AvgIpc) is 2.72. The fourth-order valence-corrected chi connectivity index (χ4v) is 1.96. The molecule has 1 unspecified atom stereocenters. The van der Waals surface area contributed by atoms with Crippen LogP contribution < -0.4 is 5.32 Å². The van der Waals surface area contributed by atoms with Gasteiger partial charge in [-0.15, -0.1) is 0 Å². The molecule has 17 heavy (non-hydrogen) atoms. The first-order chi connectivity index (χ1) is 8.08. The fraction of sp³-hybridized carbons (Fsp3) is 0.286. The van der Waals surface area contributed by atoms with Crippen molar-refractivity contribution in [3.63, 3.8) is 0 Å². The predicted molar refractivity (Wildman–Crippen MR) is 71.1 cm³/mol. The summed E-state index contributed by atoms with van der Waals surface area (Å²) in [7, 11) is 0. The lowest BCUT2D eigenvalue weighted by Crippen LogP contribution is -2.29. The summed E-state index contributed by atoms with van der Waals surface area (Å²) in [6.07, 6.45) is 1.91. The van der Waals surface area contributed by atoms with Crippen molar-refractivity contribution in [1.29, 1.82) is 0 Å². The van der Waals surface area contributed by atoms with Gasteiger partial charge in [0.1, 0.15) is 5.76 Å². The van der Waals surface area contributed by atoms with Gasteiger partial charge in [0, 0.05) is 17.8 Å². The summed E-state index contributed by atoms with van der Waals surface area (Å²) in [4.78, 5) is 3.17. The Balaban J connectivity index is 2.37. The summed E-state index contributed by atoms with van der Waals surface area (Å²) in [5, 5.41) is 14.1. The van der Waals surface area contributed by atoms with Gasteiger partial charge in [-0.25, -0.2) is 0 Å². The molecule has 3 nitrogen and oxygen atoms in total. The minimum Gasteiger partial charge on any atom is -0.511 e. The molecule has 90 valence electrons. The Kier molecular flexibility index (Phi) is 3.20. The van der Waals surface area contributed by atoms with Crippen LogP contribution in [-0.4, -0.2) is 16.1 Å². The zero-order chi connectivity index (χ0) is 12.4. The van der Waals surface area contributed by atoms with Crippen LogP contribution in [0.25, 0.3) is 10.9 Å². The van der Waals surface area contributed by atoms with E-state index in [0.29, 0.717) is 0 Å². The van der Waals surface area contributed by atoms with E-state index in [1.54, 1.807) is 0 Å². The molecule has 0 radical (unpaired) electrons. The molecule has 0 aliphatic carbocycles. The molecule has 0 saturated carbocycles. The maximum Gasteiger partial charge on any atom is 0.107 e. The number of nitrogens with one attached hydrogen (secondary N) is 2. The molecule has 1 heterocycles. The normalized spacial score (nSPS) is 13.1. The summed E-state index contributed by atoms with van der Waals surface area (Å²) >= 11 is 0. The van der Waals surface area contributed by atoms with E-state index in [4.69, 9.17) is 0 Å². The average molecular weight is 230 g/mol. The number of hydrogen-bond donors (Lipinski definition) is 3. The smallest absolute Gasteiger partial charge is 0.107 e. The molecule has 0 fully saturated rings. The zero-order valence-electron chi connectivity index (χ0n) is 10.2. The molecular formula is C14H18N2O. The van der Waals surface area contributed by atoms with Crippen LogP contribution in [0.4, 0.5) is 0 Å². The quantitative estimate of drug-likeness (QED) is 0.706. The fourth-order valence-electron chi connectivity index (χ4n) is 1.96. The topological polar surface area (TPSA) is 48.0 Å². The number of H-pyrrole nitrogens is 1. The highest BCUT2D eigenvalue weighted by molar-refractivity contribution is 5.80. The van der Waals surface area contributed by atoms with E-state index in [0.717, 1.165) is 11.1 Å². The number of aromatic amines is 1. The predicted octanol–water partition coefficient (Wildman–Crippen LogP) is 3.28. The van der Waals surface area contributed by atoms with Gasteiger partial charge in [-0.1, -0.05) is 18.7 Å². The lowest BCUT2D eigenvalue weighted by atomic mass is 10.0. The van der Waals surface area contributed by atoms with Crippen molar-refractivity contribution in [2.24, 2.45) is 0 Å². The van der Waals surface area contributed by atoms with Gasteiger partial charge in [-0.05, 0) is 36.9 Å². The third-order valence-electron chi connectivity index (χ3n) is 2.75. The maximum atomic E-state index is 9.67. The molecule has 0 bridgehead atoms. The monoisotopic (exact) mass is 230 g/mol. The highest BCUT2D eigenvalue weighted by Gasteiger charge is 2.15. The number of benzene rings is 1. The van der Waals surface area contributed by atoms with Crippen molar-refractivity contribution in [2.75, 3.05) is 0 Å². The number of rotatable bonds is 4. The zero-order valence-corrected chi connectivity index (χ0v) is 10.2. The lowest BCUT2D eigenvalue weighted by Gasteiger charge is -2.20. The van der Waals surface area contributed by atoms with E-state index in [-0.39, 0.29) is 17.8 Å². The molecule has 1 aromatic heterocycles. The van der Waals surface area contributed by atoms with Gasteiger partial charge in [0.15, 0.2) is 0 Å². The van der Waals surface area contributed by atoms with Gasteiger partial charge in [0.05, 0.1) is 6.04 Å². The molecule has 1 atom stereocenters. The Morgan fingerprint density at radius 2 is 2.12 bits per heavy atom. The van der Waals surface area contributed by atoms with E-state index in [2.05, 4.69) is 16.9 Å². The molecule has 0 amide bonds. The molecule has 0 saturated heterocycles. The van der Waals surface area contributed by atoms with Gasteiger partial charge in [-0.2, -0.15) is 0 Å². The standard InChI is InChI=1S/C14H18N2O/c1-9(2)16-14(10(3)17)12-5-4-11-6-7-15-13(11)8-12/h4-9,14-17H,3H2,1-2H3. The molecule has 0 spiro atoms. The molecular weight excluding hydrogens is 212 g/mol. The second-order valence-electron chi connectivity index (χ2n) is 4.57. The van der Waals surface area contributed by atoms with Crippen molar-refractivity contribution in [1.82, 2.24) is 10.3 Å². The van der Waals surface area contributed by atoms with Gasteiger partial charge in [0.2, 0.25) is 0 Å². The Hall–Kier alpha value is -1.74. The van der Waals surface area contributed by atoms with E-state index in [9.17, 15) is 5.11 Å². The number of fused-ring (bicyclic) bond motifs is 1. The molecule has 2 aromatic rings. The molecule has 0 aliphatic heterocycles. The van der Waals surface area contributed by atoms with Crippen molar-refractivity contribution in [3.05, 3.63) is 48.4 Å². The molecule has 2 rings (SSSR count). The van der Waals surface area contributed by atoms with Crippen LogP contribution >= 0.6 is 0 Å². The van der Waals surface area contributed by atoms with Crippen LogP contribution in [0, 0.1) is 0 Å². The third-order valence-corrected chi connectivity index (χ3v) is 2.75. The Morgan fingerprint density at radius 1 is 1.35 bits per heavy atom. The molecule has 0 aliphatic rings. The highest BCUT2D eigenvalue weighted by Crippen LogP contribution is 2.23. The Bertz CT molecular complexity index is 528. The van der Waals surface area contributed by atoms with Crippen LogP contribution in [0.1, 0.15) is 25.5 Å². The van der Waals surface area contributed by atoms with E-state index < -0.39 is 0 Å². The first-order valence-corrected chi connectivity index (χ1v) is 5.79. The van der Waals surface area contributed by atoms with Gasteiger partial charge >= 0.3 is 0 Å². The SMILES string of the molecule is C=C(O)C(NC(C)C)c1ccc2cc[nH]c2c1. The van der Waals surface area contributed by atoms with Crippen LogP contribution in [0.2, 0.25) is 0 Å². The Labute approximate surface area is 101 Å². The van der Waals surface area contributed by atoms with Crippen LogP contribution in [0.5, 0.6) is 0 Å². The number of aliphatic hydroxyl groups excluding tert-OH is 1. The van der Waals surface area contributed by atoms with Gasteiger partial charge in [-0.3, -0.25) is 0 Å². The van der Waals surface area contributed by atoms with Crippen molar-refractivity contribution in [2.45, 2.75) is 25.9 Å². The van der Waals surface area contributed by atoms with Gasteiger partial charge < -0.3 is 15.4 Å². The summed E-state index contributed by atoms with van der Waals surface area (Å²) in [5.41, 5.74) is 2.08. The molecule has 3 N–H and O–H groups in total. The first-order valence-electron chi connectivity index (χ1n) is 5.79. The summed E-state index contributed by atoms with van der Waals surface area (Å²) < 4.78 is 0. The van der Waals surface area contributed by atoms with Crippen molar-refractivity contribution >= 4 is 10.9 Å². The van der Waals surface area contributed by atoms with E-state index in [1.807, 2.05) is 44.3 Å². The van der Waals surface area contributed by atoms with E-state index in [1.165, 1.54) is 5.39 Å². The first kappa shape index (κ1) is 11.7. The molecule has 1 aromatic carbocycles. The second kappa shape index (κ2) is 4.63. The number of aliphatic hydroxyl groups is 1. The second-order valence-corrected chi connectivity index (χ2v) is 4.57. The van der Waals surface area contributed by atoms with Crippen LogP contribution in [0.15, 0.2) is 42.8 Å². The number of aromatic nitrogens is 1. The maximum absolute atomic E-state index is 9.67. The minimum absolute atomic E-state index is 0.143. The van der Waals surface area contributed by atoms with Crippen molar-refractivity contribution < 1.29 is 5.11 Å². The Morgan fingerprint density at radius 3 is 2.76 bits per heavy atom. The van der Waals surface area contributed by atoms with Crippen molar-refractivity contribution in [3.8, 4) is 0 Å². The summed E-state index contributed by atoms with van der Waals surface area (Å²) in [6, 6.07) is 8.18. The highest BCUT2D eigenvalue weighted by atomic mass is 16.3. The third kappa shape index (κ3) is 2.50. The summed E-state index contributed by atoms with van der Waals surface area (Å²) in [5.74, 6) is 0.143. The van der Waals surface area contributed by atoms with Gasteiger partial charge in [0.25, 0.3) is 0 Å². The largest absolute Gasteiger partial charge is 0.511 e. The minimum atomic E-state index is -0.220. The number of hydrogen-bond acceptors (Lipinski definition) is 2. The molecule has 3 heteroatoms. The van der Waals surface area contributed by atoms with E-state index >= 15 is 0 Å². The summed E-state index contributed by atoms with van der Waals surface area (Å²) in [6.45, 7) is 7.72. The van der Waals surface area contributed by atoms with Crippen LogP contribution in [-0.2, 0) is 0 Å².